The molecule has 0 bridgehead atoms. The van der Waals surface area contributed by atoms with Gasteiger partial charge < -0.3 is 4.90 Å². The molecule has 0 aromatic heterocycles. The van der Waals surface area contributed by atoms with Crippen LogP contribution < -0.4 is 4.90 Å². The van der Waals surface area contributed by atoms with Gasteiger partial charge in [-0.2, -0.15) is 0 Å². The lowest BCUT2D eigenvalue weighted by Crippen LogP contribution is -2.40. The summed E-state index contributed by atoms with van der Waals surface area (Å²) in [6, 6.07) is 7.56. The zero-order chi connectivity index (χ0) is 15.0. The zero-order valence-electron chi connectivity index (χ0n) is 12.9. The third-order valence-electron chi connectivity index (χ3n) is 5.10. The number of hydrogen-bond donors (Lipinski definition) is 0. The number of benzene rings is 1. The van der Waals surface area contributed by atoms with Crippen molar-refractivity contribution in [3.05, 3.63) is 29.8 Å². The Morgan fingerprint density at radius 1 is 1.24 bits per heavy atom. The minimum Gasteiger partial charge on any atom is -0.311 e. The van der Waals surface area contributed by atoms with Crippen molar-refractivity contribution in [3.63, 3.8) is 0 Å². The van der Waals surface area contributed by atoms with E-state index in [9.17, 15) is 9.59 Å². The highest BCUT2D eigenvalue weighted by atomic mass is 16.2. The number of hydrogen-bond acceptors (Lipinski definition) is 2. The average Bonchev–Trinajstić information content (AvgIpc) is 2.72. The first-order valence-corrected chi connectivity index (χ1v) is 7.94. The lowest BCUT2D eigenvalue weighted by molar-refractivity contribution is -0.124. The molecule has 3 heteroatoms. The highest BCUT2D eigenvalue weighted by Crippen LogP contribution is 2.44. The van der Waals surface area contributed by atoms with Crippen LogP contribution in [0.3, 0.4) is 0 Å². The van der Waals surface area contributed by atoms with Crippen LogP contribution in [0.25, 0.3) is 0 Å². The van der Waals surface area contributed by atoms with Crippen molar-refractivity contribution < 1.29 is 9.59 Å². The van der Waals surface area contributed by atoms with E-state index in [1.807, 2.05) is 29.2 Å². The summed E-state index contributed by atoms with van der Waals surface area (Å²) >= 11 is 0. The SMILES string of the molecule is CC1(C)CCCC1C(=O)N1CCCC(=O)c2ccccc21. The second kappa shape index (κ2) is 5.28. The normalized spacial score (nSPS) is 24.6. The van der Waals surface area contributed by atoms with Crippen LogP contribution in [0, 0.1) is 11.3 Å². The minimum atomic E-state index is 0.0718. The summed E-state index contributed by atoms with van der Waals surface area (Å²) in [5, 5.41) is 0. The molecule has 1 heterocycles. The van der Waals surface area contributed by atoms with E-state index in [0.717, 1.165) is 31.4 Å². The van der Waals surface area contributed by atoms with Crippen LogP contribution in [0.15, 0.2) is 24.3 Å². The maximum atomic E-state index is 13.1. The van der Waals surface area contributed by atoms with Crippen molar-refractivity contribution in [2.24, 2.45) is 11.3 Å². The Hall–Kier alpha value is -1.64. The van der Waals surface area contributed by atoms with Crippen molar-refractivity contribution >= 4 is 17.4 Å². The van der Waals surface area contributed by atoms with Crippen LogP contribution in [0.5, 0.6) is 0 Å². The predicted octanol–water partition coefficient (Wildman–Crippen LogP) is 3.82. The minimum absolute atomic E-state index is 0.0718. The Labute approximate surface area is 126 Å². The van der Waals surface area contributed by atoms with Gasteiger partial charge in [-0.05, 0) is 36.8 Å². The van der Waals surface area contributed by atoms with Crippen molar-refractivity contribution in [2.75, 3.05) is 11.4 Å². The summed E-state index contributed by atoms with van der Waals surface area (Å²) < 4.78 is 0. The molecule has 21 heavy (non-hydrogen) atoms. The summed E-state index contributed by atoms with van der Waals surface area (Å²) in [5.41, 5.74) is 1.59. The van der Waals surface area contributed by atoms with Gasteiger partial charge in [0.05, 0.1) is 5.69 Å². The Morgan fingerprint density at radius 2 is 2.00 bits per heavy atom. The van der Waals surface area contributed by atoms with E-state index in [1.165, 1.54) is 0 Å². The van der Waals surface area contributed by atoms with E-state index in [0.29, 0.717) is 18.5 Å². The number of nitrogens with zero attached hydrogens (tertiary/aromatic N) is 1. The summed E-state index contributed by atoms with van der Waals surface area (Å²) in [6.45, 7) is 5.04. The van der Waals surface area contributed by atoms with E-state index in [1.54, 1.807) is 0 Å². The molecule has 0 radical (unpaired) electrons. The summed E-state index contributed by atoms with van der Waals surface area (Å²) in [7, 11) is 0. The van der Waals surface area contributed by atoms with Crippen LogP contribution in [0.4, 0.5) is 5.69 Å². The summed E-state index contributed by atoms with van der Waals surface area (Å²) in [4.78, 5) is 27.1. The third-order valence-corrected chi connectivity index (χ3v) is 5.10. The molecule has 2 aliphatic rings. The van der Waals surface area contributed by atoms with Gasteiger partial charge in [-0.1, -0.05) is 32.4 Å². The Kier molecular flexibility index (Phi) is 3.60. The molecule has 1 amide bonds. The van der Waals surface area contributed by atoms with Gasteiger partial charge in [-0.25, -0.2) is 0 Å². The molecule has 3 rings (SSSR count). The van der Waals surface area contributed by atoms with Crippen molar-refractivity contribution in [3.8, 4) is 0 Å². The average molecular weight is 285 g/mol. The molecule has 1 aromatic carbocycles. The van der Waals surface area contributed by atoms with Crippen LogP contribution in [-0.2, 0) is 4.79 Å². The van der Waals surface area contributed by atoms with Gasteiger partial charge >= 0.3 is 0 Å². The van der Waals surface area contributed by atoms with Gasteiger partial charge in [0.25, 0.3) is 0 Å². The molecule has 0 saturated heterocycles. The molecule has 1 fully saturated rings. The number of carbonyl (C=O) groups excluding carboxylic acids is 2. The van der Waals surface area contributed by atoms with Crippen LogP contribution in [0.2, 0.25) is 0 Å². The standard InChI is InChI=1S/C18H23NO2/c1-18(2)11-5-8-14(18)17(21)19-12-6-10-16(20)13-7-3-4-9-15(13)19/h3-4,7,9,14H,5-6,8,10-12H2,1-2H3. The van der Waals surface area contributed by atoms with Crippen molar-refractivity contribution in [1.82, 2.24) is 0 Å². The maximum absolute atomic E-state index is 13.1. The first-order valence-electron chi connectivity index (χ1n) is 7.94. The molecule has 112 valence electrons. The number of amides is 1. The van der Waals surface area contributed by atoms with E-state index in [-0.39, 0.29) is 23.0 Å². The summed E-state index contributed by atoms with van der Waals surface area (Å²) in [5.74, 6) is 0.449. The van der Waals surface area contributed by atoms with Gasteiger partial charge in [0.15, 0.2) is 5.78 Å². The van der Waals surface area contributed by atoms with Gasteiger partial charge in [0, 0.05) is 24.4 Å². The predicted molar refractivity (Wildman–Crippen MR) is 83.5 cm³/mol. The van der Waals surface area contributed by atoms with Gasteiger partial charge in [-0.3, -0.25) is 9.59 Å². The van der Waals surface area contributed by atoms with Crippen LogP contribution >= 0.6 is 0 Å². The fourth-order valence-electron chi connectivity index (χ4n) is 3.80. The Bertz CT molecular complexity index is 576. The second-order valence-electron chi connectivity index (χ2n) is 6.97. The quantitative estimate of drug-likeness (QED) is 0.786. The number of anilines is 1. The number of rotatable bonds is 1. The fourth-order valence-corrected chi connectivity index (χ4v) is 3.80. The first-order chi connectivity index (χ1) is 10.0. The molecule has 0 N–H and O–H groups in total. The number of fused-ring (bicyclic) bond motifs is 1. The number of Topliss-reactive ketones (excluding diaryl/α,β-unsaturated/α-hetero) is 1. The molecular formula is C18H23NO2. The number of para-hydroxylation sites is 1. The van der Waals surface area contributed by atoms with Crippen molar-refractivity contribution in [2.45, 2.75) is 46.0 Å². The zero-order valence-corrected chi connectivity index (χ0v) is 12.9. The van der Waals surface area contributed by atoms with E-state index in [4.69, 9.17) is 0 Å². The second-order valence-corrected chi connectivity index (χ2v) is 6.97. The summed E-state index contributed by atoms with van der Waals surface area (Å²) in [6.07, 6.45) is 4.50. The third kappa shape index (κ3) is 2.50. The fraction of sp³-hybridized carbons (Fsp3) is 0.556. The molecule has 1 saturated carbocycles. The highest BCUT2D eigenvalue weighted by molar-refractivity contribution is 6.07. The topological polar surface area (TPSA) is 37.4 Å². The number of carbonyl (C=O) groups is 2. The monoisotopic (exact) mass is 285 g/mol. The number of ketones is 1. The molecule has 3 nitrogen and oxygen atoms in total. The first kappa shape index (κ1) is 14.3. The lowest BCUT2D eigenvalue weighted by Gasteiger charge is -2.32. The highest BCUT2D eigenvalue weighted by Gasteiger charge is 2.42. The Morgan fingerprint density at radius 3 is 2.71 bits per heavy atom. The Balaban J connectivity index is 1.96. The molecule has 1 aromatic rings. The largest absolute Gasteiger partial charge is 0.311 e. The molecule has 1 aliphatic heterocycles. The molecular weight excluding hydrogens is 262 g/mol. The van der Waals surface area contributed by atoms with Crippen LogP contribution in [0.1, 0.15) is 56.3 Å². The maximum Gasteiger partial charge on any atom is 0.230 e. The van der Waals surface area contributed by atoms with Crippen LogP contribution in [-0.4, -0.2) is 18.2 Å². The molecule has 1 unspecified atom stereocenters. The van der Waals surface area contributed by atoms with E-state index < -0.39 is 0 Å². The lowest BCUT2D eigenvalue weighted by atomic mass is 9.81. The van der Waals surface area contributed by atoms with Gasteiger partial charge in [0.1, 0.15) is 0 Å². The smallest absolute Gasteiger partial charge is 0.230 e. The van der Waals surface area contributed by atoms with Gasteiger partial charge in [-0.15, -0.1) is 0 Å². The van der Waals surface area contributed by atoms with Gasteiger partial charge in [0.2, 0.25) is 5.91 Å². The molecule has 0 spiro atoms. The van der Waals surface area contributed by atoms with Crippen molar-refractivity contribution in [1.29, 1.82) is 0 Å². The van der Waals surface area contributed by atoms with E-state index in [2.05, 4.69) is 13.8 Å². The van der Waals surface area contributed by atoms with E-state index >= 15 is 0 Å². The molecule has 1 atom stereocenters. The molecule has 1 aliphatic carbocycles.